The van der Waals surface area contributed by atoms with Gasteiger partial charge in [0, 0.05) is 44.1 Å². The van der Waals surface area contributed by atoms with Crippen molar-refractivity contribution in [3.05, 3.63) is 59.4 Å². The summed E-state index contributed by atoms with van der Waals surface area (Å²) in [5.41, 5.74) is 1.80. The molecule has 1 unspecified atom stereocenters. The van der Waals surface area contributed by atoms with Gasteiger partial charge in [-0.25, -0.2) is 4.39 Å². The van der Waals surface area contributed by atoms with Crippen LogP contribution in [0.3, 0.4) is 0 Å². The molecule has 1 saturated heterocycles. The van der Waals surface area contributed by atoms with Crippen molar-refractivity contribution in [1.29, 1.82) is 0 Å². The van der Waals surface area contributed by atoms with E-state index in [4.69, 9.17) is 4.74 Å². The maximum Gasteiger partial charge on any atom is 0.224 e. The summed E-state index contributed by atoms with van der Waals surface area (Å²) < 4.78 is 19.7. The van der Waals surface area contributed by atoms with Crippen LogP contribution in [0.25, 0.3) is 0 Å². The molecule has 0 radical (unpaired) electrons. The monoisotopic (exact) mass is 426 g/mol. The van der Waals surface area contributed by atoms with E-state index in [1.165, 1.54) is 6.07 Å². The highest BCUT2D eigenvalue weighted by atomic mass is 19.1. The van der Waals surface area contributed by atoms with Gasteiger partial charge in [0.05, 0.1) is 11.7 Å². The highest BCUT2D eigenvalue weighted by Crippen LogP contribution is 2.43. The van der Waals surface area contributed by atoms with Crippen molar-refractivity contribution in [1.82, 2.24) is 4.90 Å². The number of hydrogen-bond donors (Lipinski definition) is 3. The van der Waals surface area contributed by atoms with E-state index in [0.717, 1.165) is 16.8 Å². The first-order chi connectivity index (χ1) is 14.9. The number of β-amino-alcohol motifs (C(OH)–C–C–N with tert-alkyl or cyclic N) is 2. The summed E-state index contributed by atoms with van der Waals surface area (Å²) in [7, 11) is 0. The highest BCUT2D eigenvalue weighted by molar-refractivity contribution is 5.93. The zero-order chi connectivity index (χ0) is 21.6. The van der Waals surface area contributed by atoms with Gasteiger partial charge < -0.3 is 20.3 Å². The largest absolute Gasteiger partial charge is 0.487 e. The van der Waals surface area contributed by atoms with Gasteiger partial charge in [-0.3, -0.25) is 9.69 Å². The second kappa shape index (κ2) is 7.89. The molecule has 2 aromatic carbocycles. The molecule has 0 spiro atoms. The summed E-state index contributed by atoms with van der Waals surface area (Å²) in [5, 5.41) is 24.8. The van der Waals surface area contributed by atoms with Crippen molar-refractivity contribution in [2.75, 3.05) is 25.0 Å². The number of ether oxygens (including phenoxy) is 1. The number of amides is 1. The fourth-order valence-corrected chi connectivity index (χ4v) is 5.29. The summed E-state index contributed by atoms with van der Waals surface area (Å²) in [6.07, 6.45) is 1.37. The standard InChI is InChI=1S/C24H27FN2O4/c25-19-3-1-2-4-22(19)31-18-10-17-12-27(14-24(17,30)11-18)13-21(28)16-5-7-20-15(9-16)6-8-23(29)26-20/h1-5,7,9,17-18,21,28,30H,6,8,10-14H2,(H,26,29)/t17-,18+,21?,24-/m0/s1. The van der Waals surface area contributed by atoms with Crippen LogP contribution < -0.4 is 10.1 Å². The number of nitrogens with zero attached hydrogens (tertiary/aromatic N) is 1. The minimum atomic E-state index is -0.879. The number of aliphatic hydroxyl groups is 2. The third kappa shape index (κ3) is 4.05. The predicted octanol–water partition coefficient (Wildman–Crippen LogP) is 2.65. The number of likely N-dealkylation sites (tertiary alicyclic amines) is 1. The molecular formula is C24H27FN2O4. The van der Waals surface area contributed by atoms with Crippen molar-refractivity contribution in [2.45, 2.75) is 43.5 Å². The molecule has 3 N–H and O–H groups in total. The lowest BCUT2D eigenvalue weighted by Crippen LogP contribution is -2.36. The Labute approximate surface area is 180 Å². The van der Waals surface area contributed by atoms with Crippen molar-refractivity contribution in [3.8, 4) is 5.75 Å². The van der Waals surface area contributed by atoms with Gasteiger partial charge in [0.1, 0.15) is 6.10 Å². The number of carbonyl (C=O) groups excluding carboxylic acids is 1. The minimum Gasteiger partial charge on any atom is -0.487 e. The summed E-state index contributed by atoms with van der Waals surface area (Å²) in [6, 6.07) is 12.0. The minimum absolute atomic E-state index is 0.0231. The molecule has 2 aromatic rings. The number of anilines is 1. The van der Waals surface area contributed by atoms with E-state index in [1.54, 1.807) is 18.2 Å². The third-order valence-corrected chi connectivity index (χ3v) is 6.84. The summed E-state index contributed by atoms with van der Waals surface area (Å²) >= 11 is 0. The quantitative estimate of drug-likeness (QED) is 0.685. The average Bonchev–Trinajstić information content (AvgIpc) is 3.19. The van der Waals surface area contributed by atoms with Gasteiger partial charge in [-0.2, -0.15) is 0 Å². The predicted molar refractivity (Wildman–Crippen MR) is 113 cm³/mol. The van der Waals surface area contributed by atoms with Crippen molar-refractivity contribution < 1.29 is 24.1 Å². The number of nitrogens with one attached hydrogen (secondary N) is 1. The number of aliphatic hydroxyl groups excluding tert-OH is 1. The van der Waals surface area contributed by atoms with Gasteiger partial charge in [-0.05, 0) is 42.2 Å². The van der Waals surface area contributed by atoms with Crippen LogP contribution in [-0.4, -0.2) is 52.4 Å². The molecule has 31 heavy (non-hydrogen) atoms. The Balaban J connectivity index is 1.19. The van der Waals surface area contributed by atoms with E-state index in [-0.39, 0.29) is 29.5 Å². The number of para-hydroxylation sites is 1. The van der Waals surface area contributed by atoms with E-state index in [9.17, 15) is 19.4 Å². The number of hydrogen-bond acceptors (Lipinski definition) is 5. The molecule has 1 saturated carbocycles. The molecule has 5 rings (SSSR count). The lowest BCUT2D eigenvalue weighted by atomic mass is 9.95. The first-order valence-electron chi connectivity index (χ1n) is 10.9. The lowest BCUT2D eigenvalue weighted by molar-refractivity contribution is -0.116. The number of rotatable bonds is 5. The van der Waals surface area contributed by atoms with Crippen LogP contribution in [0.4, 0.5) is 10.1 Å². The average molecular weight is 426 g/mol. The van der Waals surface area contributed by atoms with E-state index in [0.29, 0.717) is 45.3 Å². The number of benzene rings is 2. The number of carbonyl (C=O) groups is 1. The maximum absolute atomic E-state index is 13.9. The van der Waals surface area contributed by atoms with Crippen LogP contribution in [0.5, 0.6) is 5.75 Å². The fraction of sp³-hybridized carbons (Fsp3) is 0.458. The molecule has 0 bridgehead atoms. The molecular weight excluding hydrogens is 399 g/mol. The Morgan fingerprint density at radius 1 is 1.26 bits per heavy atom. The van der Waals surface area contributed by atoms with Crippen molar-refractivity contribution in [2.24, 2.45) is 5.92 Å². The molecule has 3 aliphatic rings. The van der Waals surface area contributed by atoms with Gasteiger partial charge in [-0.1, -0.05) is 24.3 Å². The highest BCUT2D eigenvalue weighted by Gasteiger charge is 2.52. The Kier molecular flexibility index (Phi) is 5.20. The normalized spacial score (nSPS) is 28.7. The van der Waals surface area contributed by atoms with E-state index in [1.807, 2.05) is 18.2 Å². The summed E-state index contributed by atoms with van der Waals surface area (Å²) in [5.74, 6) is -0.0991. The first-order valence-corrected chi connectivity index (χ1v) is 10.9. The second-order valence-corrected chi connectivity index (χ2v) is 9.09. The summed E-state index contributed by atoms with van der Waals surface area (Å²) in [4.78, 5) is 13.6. The molecule has 2 heterocycles. The Morgan fingerprint density at radius 3 is 2.90 bits per heavy atom. The van der Waals surface area contributed by atoms with Crippen LogP contribution in [0, 0.1) is 11.7 Å². The molecule has 2 fully saturated rings. The molecule has 164 valence electrons. The third-order valence-electron chi connectivity index (χ3n) is 6.84. The van der Waals surface area contributed by atoms with E-state index < -0.39 is 11.7 Å². The molecule has 4 atom stereocenters. The number of aryl methyl sites for hydroxylation is 1. The first kappa shape index (κ1) is 20.4. The van der Waals surface area contributed by atoms with Gasteiger partial charge in [-0.15, -0.1) is 0 Å². The molecule has 2 aliphatic heterocycles. The topological polar surface area (TPSA) is 82.0 Å². The zero-order valence-electron chi connectivity index (χ0n) is 17.3. The van der Waals surface area contributed by atoms with Gasteiger partial charge in [0.15, 0.2) is 11.6 Å². The lowest BCUT2D eigenvalue weighted by Gasteiger charge is -2.25. The van der Waals surface area contributed by atoms with Gasteiger partial charge in [0.2, 0.25) is 5.91 Å². The van der Waals surface area contributed by atoms with Crippen molar-refractivity contribution in [3.63, 3.8) is 0 Å². The number of fused-ring (bicyclic) bond motifs is 2. The summed E-state index contributed by atoms with van der Waals surface area (Å²) in [6.45, 7) is 1.57. The van der Waals surface area contributed by atoms with Crippen LogP contribution in [0.1, 0.15) is 36.5 Å². The van der Waals surface area contributed by atoms with Gasteiger partial charge in [0.25, 0.3) is 0 Å². The Morgan fingerprint density at radius 2 is 2.10 bits per heavy atom. The smallest absolute Gasteiger partial charge is 0.224 e. The second-order valence-electron chi connectivity index (χ2n) is 9.09. The molecule has 7 heteroatoms. The van der Waals surface area contributed by atoms with Crippen molar-refractivity contribution >= 4 is 11.6 Å². The molecule has 0 aromatic heterocycles. The van der Waals surface area contributed by atoms with Crippen LogP contribution in [0.2, 0.25) is 0 Å². The Hall–Kier alpha value is -2.48. The van der Waals surface area contributed by atoms with Crippen LogP contribution in [-0.2, 0) is 11.2 Å². The zero-order valence-corrected chi connectivity index (χ0v) is 17.3. The fourth-order valence-electron chi connectivity index (χ4n) is 5.29. The van der Waals surface area contributed by atoms with E-state index >= 15 is 0 Å². The van der Waals surface area contributed by atoms with Crippen LogP contribution >= 0.6 is 0 Å². The van der Waals surface area contributed by atoms with E-state index in [2.05, 4.69) is 10.2 Å². The molecule has 1 amide bonds. The molecule has 1 aliphatic carbocycles. The van der Waals surface area contributed by atoms with Gasteiger partial charge >= 0.3 is 0 Å². The molecule has 6 nitrogen and oxygen atoms in total. The Bertz CT molecular complexity index is 999. The maximum atomic E-state index is 13.9. The SMILES string of the molecule is O=C1CCc2cc(C(O)CN3C[C@@H]4C[C@@H](Oc5ccccc5F)C[C@]4(O)C3)ccc2N1. The number of halogens is 1. The van der Waals surface area contributed by atoms with Crippen LogP contribution in [0.15, 0.2) is 42.5 Å².